The highest BCUT2D eigenvalue weighted by Crippen LogP contribution is 2.18. The summed E-state index contributed by atoms with van der Waals surface area (Å²) in [6.45, 7) is 1.40. The van der Waals surface area contributed by atoms with Gasteiger partial charge in [0.05, 0.1) is 12.0 Å². The lowest BCUT2D eigenvalue weighted by Gasteiger charge is -2.19. The largest absolute Gasteiger partial charge is 0.497 e. The van der Waals surface area contributed by atoms with E-state index in [1.54, 1.807) is 24.3 Å². The Morgan fingerprint density at radius 2 is 1.42 bits per heavy atom. The fourth-order valence-electron chi connectivity index (χ4n) is 3.12. The van der Waals surface area contributed by atoms with Gasteiger partial charge in [-0.25, -0.2) is 8.42 Å². The van der Waals surface area contributed by atoms with Crippen molar-refractivity contribution in [3.63, 3.8) is 0 Å². The molecule has 0 aliphatic carbocycles. The number of ether oxygens (including phenoxy) is 1. The predicted octanol–water partition coefficient (Wildman–Crippen LogP) is 3.18. The predicted molar refractivity (Wildman–Crippen MR) is 127 cm³/mol. The van der Waals surface area contributed by atoms with Gasteiger partial charge in [0, 0.05) is 18.3 Å². The third-order valence-corrected chi connectivity index (χ3v) is 6.23. The molecule has 1 unspecified atom stereocenters. The van der Waals surface area contributed by atoms with Crippen molar-refractivity contribution in [1.82, 2.24) is 4.72 Å². The molecular formula is C24H25N3O5S. The standard InChI is InChI=1S/C24H25N3O5S/c1-17(28)25-19-8-10-20(11-9-19)26-24(29)23(16-18-6-4-3-5-7-18)27-33(30,31)22-14-12-21(32-2)13-15-22/h3-15,23,27H,16H2,1-2H3,(H,25,28)(H,26,29). The molecule has 8 nitrogen and oxygen atoms in total. The summed E-state index contributed by atoms with van der Waals surface area (Å²) in [5.74, 6) is -0.193. The van der Waals surface area contributed by atoms with Gasteiger partial charge >= 0.3 is 0 Å². The molecule has 2 amide bonds. The highest BCUT2D eigenvalue weighted by Gasteiger charge is 2.26. The fourth-order valence-corrected chi connectivity index (χ4v) is 4.31. The molecule has 0 saturated heterocycles. The third-order valence-electron chi connectivity index (χ3n) is 4.74. The lowest BCUT2D eigenvalue weighted by molar-refractivity contribution is -0.117. The summed E-state index contributed by atoms with van der Waals surface area (Å²) in [4.78, 5) is 24.3. The van der Waals surface area contributed by atoms with E-state index in [-0.39, 0.29) is 17.2 Å². The summed E-state index contributed by atoms with van der Waals surface area (Å²) < 4.78 is 33.5. The molecule has 1 atom stereocenters. The van der Waals surface area contributed by atoms with Crippen LogP contribution in [0.15, 0.2) is 83.8 Å². The molecule has 3 rings (SSSR count). The number of carbonyl (C=O) groups is 2. The fraction of sp³-hybridized carbons (Fsp3) is 0.167. The van der Waals surface area contributed by atoms with Crippen LogP contribution >= 0.6 is 0 Å². The van der Waals surface area contributed by atoms with E-state index in [9.17, 15) is 18.0 Å². The van der Waals surface area contributed by atoms with Crippen LogP contribution in [0, 0.1) is 0 Å². The van der Waals surface area contributed by atoms with Crippen LogP contribution in [0.25, 0.3) is 0 Å². The minimum absolute atomic E-state index is 0.0221. The number of hydrogen-bond acceptors (Lipinski definition) is 5. The zero-order valence-corrected chi connectivity index (χ0v) is 19.1. The molecule has 0 aliphatic rings. The van der Waals surface area contributed by atoms with Gasteiger partial charge in [-0.1, -0.05) is 30.3 Å². The average Bonchev–Trinajstić information content (AvgIpc) is 2.80. The van der Waals surface area contributed by atoms with E-state index in [0.717, 1.165) is 5.56 Å². The van der Waals surface area contributed by atoms with E-state index in [2.05, 4.69) is 15.4 Å². The van der Waals surface area contributed by atoms with E-state index in [0.29, 0.717) is 17.1 Å². The van der Waals surface area contributed by atoms with Crippen molar-refractivity contribution in [3.8, 4) is 5.75 Å². The van der Waals surface area contributed by atoms with Crippen molar-refractivity contribution in [3.05, 3.63) is 84.4 Å². The van der Waals surface area contributed by atoms with Crippen molar-refractivity contribution >= 4 is 33.2 Å². The number of hydrogen-bond donors (Lipinski definition) is 3. The number of amides is 2. The van der Waals surface area contributed by atoms with E-state index in [1.807, 2.05) is 30.3 Å². The van der Waals surface area contributed by atoms with Crippen molar-refractivity contribution in [1.29, 1.82) is 0 Å². The number of anilines is 2. The van der Waals surface area contributed by atoms with Crippen LogP contribution in [-0.2, 0) is 26.0 Å². The summed E-state index contributed by atoms with van der Waals surface area (Å²) in [5, 5.41) is 5.38. The normalized spacial score (nSPS) is 11.9. The summed E-state index contributed by atoms with van der Waals surface area (Å²) in [6.07, 6.45) is 0.159. The highest BCUT2D eigenvalue weighted by atomic mass is 32.2. The molecule has 0 saturated carbocycles. The smallest absolute Gasteiger partial charge is 0.242 e. The monoisotopic (exact) mass is 467 g/mol. The highest BCUT2D eigenvalue weighted by molar-refractivity contribution is 7.89. The topological polar surface area (TPSA) is 114 Å². The lowest BCUT2D eigenvalue weighted by Crippen LogP contribution is -2.45. The molecule has 0 aliphatic heterocycles. The van der Waals surface area contributed by atoms with Gasteiger partial charge in [-0.05, 0) is 60.5 Å². The van der Waals surface area contributed by atoms with E-state index in [4.69, 9.17) is 4.74 Å². The molecule has 3 N–H and O–H groups in total. The Kier molecular flexibility index (Phi) is 7.81. The Balaban J connectivity index is 1.80. The van der Waals surface area contributed by atoms with Crippen LogP contribution in [0.5, 0.6) is 5.75 Å². The second-order valence-electron chi connectivity index (χ2n) is 7.29. The Bertz CT molecular complexity index is 1200. The second kappa shape index (κ2) is 10.8. The molecule has 0 radical (unpaired) electrons. The third kappa shape index (κ3) is 6.90. The molecule has 0 heterocycles. The quantitative estimate of drug-likeness (QED) is 0.447. The lowest BCUT2D eigenvalue weighted by atomic mass is 10.1. The van der Waals surface area contributed by atoms with Crippen molar-refractivity contribution in [2.24, 2.45) is 0 Å². The summed E-state index contributed by atoms with van der Waals surface area (Å²) in [6, 6.07) is 20.5. The maximum atomic E-state index is 13.1. The summed E-state index contributed by atoms with van der Waals surface area (Å²) in [5.41, 5.74) is 1.86. The van der Waals surface area contributed by atoms with Crippen molar-refractivity contribution < 1.29 is 22.7 Å². The van der Waals surface area contributed by atoms with Gasteiger partial charge in [0.15, 0.2) is 0 Å². The first kappa shape index (κ1) is 24.0. The molecule has 0 spiro atoms. The number of carbonyl (C=O) groups excluding carboxylic acids is 2. The zero-order chi connectivity index (χ0) is 23.8. The Morgan fingerprint density at radius 3 is 1.97 bits per heavy atom. The second-order valence-corrected chi connectivity index (χ2v) is 9.00. The number of sulfonamides is 1. The first-order valence-corrected chi connectivity index (χ1v) is 11.6. The van der Waals surface area contributed by atoms with Gasteiger partial charge in [0.1, 0.15) is 11.8 Å². The van der Waals surface area contributed by atoms with Crippen LogP contribution in [0.4, 0.5) is 11.4 Å². The van der Waals surface area contributed by atoms with Crippen LogP contribution in [0.1, 0.15) is 12.5 Å². The van der Waals surface area contributed by atoms with Gasteiger partial charge in [-0.3, -0.25) is 9.59 Å². The van der Waals surface area contributed by atoms with Crippen LogP contribution < -0.4 is 20.1 Å². The Morgan fingerprint density at radius 1 is 0.848 bits per heavy atom. The zero-order valence-electron chi connectivity index (χ0n) is 18.2. The molecule has 3 aromatic carbocycles. The molecule has 172 valence electrons. The van der Waals surface area contributed by atoms with E-state index < -0.39 is 22.0 Å². The molecule has 0 aromatic heterocycles. The number of nitrogens with one attached hydrogen (secondary N) is 3. The minimum atomic E-state index is -3.98. The van der Waals surface area contributed by atoms with Gasteiger partial charge < -0.3 is 15.4 Å². The van der Waals surface area contributed by atoms with Gasteiger partial charge in [0.2, 0.25) is 21.8 Å². The van der Waals surface area contributed by atoms with Crippen molar-refractivity contribution in [2.75, 3.05) is 17.7 Å². The van der Waals surface area contributed by atoms with Gasteiger partial charge in [-0.15, -0.1) is 0 Å². The van der Waals surface area contributed by atoms with Gasteiger partial charge in [-0.2, -0.15) is 4.72 Å². The molecule has 0 fully saturated rings. The number of benzene rings is 3. The van der Waals surface area contributed by atoms with Crippen LogP contribution in [0.3, 0.4) is 0 Å². The maximum absolute atomic E-state index is 13.1. The SMILES string of the molecule is COc1ccc(S(=O)(=O)NC(Cc2ccccc2)C(=O)Nc2ccc(NC(C)=O)cc2)cc1. The molecule has 33 heavy (non-hydrogen) atoms. The molecule has 0 bridgehead atoms. The number of methoxy groups -OCH3 is 1. The van der Waals surface area contributed by atoms with Crippen molar-refractivity contribution in [2.45, 2.75) is 24.3 Å². The summed E-state index contributed by atoms with van der Waals surface area (Å²) in [7, 11) is -2.49. The van der Waals surface area contributed by atoms with E-state index >= 15 is 0 Å². The number of rotatable bonds is 9. The first-order chi connectivity index (χ1) is 15.8. The van der Waals surface area contributed by atoms with Gasteiger partial charge in [0.25, 0.3) is 0 Å². The Labute approximate surface area is 193 Å². The minimum Gasteiger partial charge on any atom is -0.497 e. The molecular weight excluding hydrogens is 442 g/mol. The average molecular weight is 468 g/mol. The molecule has 9 heteroatoms. The first-order valence-electron chi connectivity index (χ1n) is 10.2. The molecule has 3 aromatic rings. The Hall–Kier alpha value is -3.69. The van der Waals surface area contributed by atoms with E-state index in [1.165, 1.54) is 38.3 Å². The van der Waals surface area contributed by atoms with Crippen LogP contribution in [0.2, 0.25) is 0 Å². The maximum Gasteiger partial charge on any atom is 0.242 e. The van der Waals surface area contributed by atoms with Crippen LogP contribution in [-0.4, -0.2) is 33.4 Å². The summed E-state index contributed by atoms with van der Waals surface area (Å²) >= 11 is 0.